The van der Waals surface area contributed by atoms with E-state index in [-0.39, 0.29) is 67.9 Å². The fourth-order valence-electron chi connectivity index (χ4n) is 7.54. The van der Waals surface area contributed by atoms with E-state index in [9.17, 15) is 57.5 Å². The van der Waals surface area contributed by atoms with Gasteiger partial charge in [0.05, 0.1) is 42.7 Å². The molecule has 0 saturated carbocycles. The Hall–Kier alpha value is -11.6. The minimum absolute atomic E-state index is 0.00451. The summed E-state index contributed by atoms with van der Waals surface area (Å²) in [4.78, 5) is 152. The third-order valence-electron chi connectivity index (χ3n) is 12.4. The molecule has 36 heteroatoms. The summed E-state index contributed by atoms with van der Waals surface area (Å²) >= 11 is 0. The Morgan fingerprint density at radius 3 is 0.479 bits per heavy atom. The third-order valence-corrected chi connectivity index (χ3v) is 20.6. The molecule has 6 aromatic rings. The lowest BCUT2D eigenvalue weighted by Crippen LogP contribution is -2.30. The van der Waals surface area contributed by atoms with E-state index in [2.05, 4.69) is 60.3 Å². The van der Waals surface area contributed by atoms with Crippen molar-refractivity contribution >= 4 is 94.2 Å². The second kappa shape index (κ2) is 33.9. The molecule has 1 aliphatic heterocycles. The van der Waals surface area contributed by atoms with Gasteiger partial charge in [0.2, 0.25) is 0 Å². The largest absolute Gasteiger partial charge is 0.468 e. The summed E-state index contributed by atoms with van der Waals surface area (Å²) < 4.78 is 84.4. The lowest BCUT2D eigenvalue weighted by Gasteiger charge is -2.33. The molecule has 6 amide bonds. The van der Waals surface area contributed by atoms with Crippen LogP contribution in [0.4, 0.5) is 0 Å². The third kappa shape index (κ3) is 20.7. The van der Waals surface area contributed by atoms with E-state index in [0.29, 0.717) is 0 Å². The van der Waals surface area contributed by atoms with E-state index in [1.807, 2.05) is 0 Å². The summed E-state index contributed by atoms with van der Waals surface area (Å²) in [5.74, 6) is -9.74. The lowest BCUT2D eigenvalue weighted by atomic mass is 10.2. The van der Waals surface area contributed by atoms with Crippen LogP contribution in [0.15, 0.2) is 159 Å². The van der Waals surface area contributed by atoms with E-state index >= 15 is 0 Å². The Morgan fingerprint density at radius 1 is 0.240 bits per heavy atom. The number of rotatable bonds is 30. The summed E-state index contributed by atoms with van der Waals surface area (Å²) in [6, 6.07) is 31.2. The highest BCUT2D eigenvalue weighted by Gasteiger charge is 2.49. The quantitative estimate of drug-likeness (QED) is 0.0178. The maximum Gasteiger partial charge on any atom is 0.460 e. The van der Waals surface area contributed by atoms with Crippen LogP contribution in [0.3, 0.4) is 0 Å². The molecule has 7 rings (SSSR count). The number of esters is 6. The molecule has 0 aromatic heterocycles. The highest BCUT2D eigenvalue weighted by molar-refractivity contribution is 7.79. The second-order valence-electron chi connectivity index (χ2n) is 19.0. The van der Waals surface area contributed by atoms with Crippen LogP contribution < -0.4 is 59.0 Å². The average Bonchev–Trinajstić information content (AvgIpc) is 0.735. The van der Waals surface area contributed by atoms with Crippen LogP contribution in [-0.4, -0.2) is 153 Å². The van der Waals surface area contributed by atoms with E-state index < -0.39 is 134 Å². The molecule has 96 heavy (non-hydrogen) atoms. The van der Waals surface area contributed by atoms with Crippen LogP contribution in [0.1, 0.15) is 62.1 Å². The van der Waals surface area contributed by atoms with Crippen LogP contribution in [0.5, 0.6) is 34.5 Å². The van der Waals surface area contributed by atoms with Crippen molar-refractivity contribution in [1.82, 2.24) is 31.9 Å². The molecule has 0 saturated heterocycles. The van der Waals surface area contributed by atoms with Gasteiger partial charge in [-0.3, -0.25) is 57.5 Å². The zero-order valence-electron chi connectivity index (χ0n) is 51.6. The van der Waals surface area contributed by atoms with Gasteiger partial charge in [0.1, 0.15) is 73.8 Å². The van der Waals surface area contributed by atoms with Gasteiger partial charge in [0, 0.05) is 33.4 Å². The van der Waals surface area contributed by atoms with E-state index in [4.69, 9.17) is 40.7 Å². The predicted octanol–water partition coefficient (Wildman–Crippen LogP) is 5.73. The number of ether oxygens (including phenoxy) is 6. The number of carbonyl (C=O) groups excluding carboxylic acids is 12. The Balaban J connectivity index is 1.54. The maximum absolute atomic E-state index is 13.3. The lowest BCUT2D eigenvalue weighted by molar-refractivity contribution is -0.140. The highest BCUT2D eigenvalue weighted by atomic mass is 31.3. The van der Waals surface area contributed by atoms with Crippen LogP contribution >= 0.6 is 23.0 Å². The predicted molar refractivity (Wildman–Crippen MR) is 337 cm³/mol. The van der Waals surface area contributed by atoms with Crippen LogP contribution in [0, 0.1) is 0 Å². The summed E-state index contributed by atoms with van der Waals surface area (Å²) in [7, 11) is -8.04. The van der Waals surface area contributed by atoms with E-state index in [0.717, 1.165) is 42.7 Å². The van der Waals surface area contributed by atoms with Crippen LogP contribution in [0.2, 0.25) is 0 Å². The van der Waals surface area contributed by atoms with Gasteiger partial charge in [-0.05, 0) is 146 Å². The van der Waals surface area contributed by atoms with Crippen molar-refractivity contribution in [1.29, 1.82) is 0 Å². The zero-order chi connectivity index (χ0) is 69.4. The van der Waals surface area contributed by atoms with Gasteiger partial charge in [-0.15, -0.1) is 0 Å². The molecule has 0 spiro atoms. The maximum atomic E-state index is 13.3. The standard InChI is InChI=1S/C60H60N9O24P3/c1-82-49(70)31-61-55(76)37-7-19-43(20-8-37)88-94(89-44-21-9-38(10-22-44)56(77)62-32-50(71)83-2)67-95(90-45-23-11-39(12-24-45)57(78)63-33-51(72)84-3,91-46-25-13-40(14-26-46)58(79)64-34-52(73)85-4)69-96(68-94,92-47-27-15-41(16-28-47)59(80)65-35-53(74)86-5)93-48-29-17-42(18-30-48)60(81)66-36-54(75)87-6/h7-30H,31-36H2,1-6H3,(H,61,76)(H,62,77)(H,63,78)(H,64,79)(H,65,80)(H,66,81). The van der Waals surface area contributed by atoms with Crippen molar-refractivity contribution in [2.75, 3.05) is 81.9 Å². The number of nitrogens with one attached hydrogen (secondary N) is 6. The van der Waals surface area contributed by atoms with Crippen molar-refractivity contribution in [2.24, 2.45) is 13.5 Å². The minimum atomic E-state index is -4.95. The number of amides is 6. The van der Waals surface area contributed by atoms with Crippen molar-refractivity contribution in [2.45, 2.75) is 0 Å². The summed E-state index contributed by atoms with van der Waals surface area (Å²) in [5.41, 5.74) is 0.0270. The molecular formula is C60H60N9O24P3. The van der Waals surface area contributed by atoms with E-state index in [1.54, 1.807) is 0 Å². The normalized spacial score (nSPS) is 12.7. The highest BCUT2D eigenvalue weighted by Crippen LogP contribution is 2.78. The average molecular weight is 1380 g/mol. The smallest absolute Gasteiger partial charge is 0.460 e. The molecule has 1 aliphatic rings. The van der Waals surface area contributed by atoms with Gasteiger partial charge in [-0.1, -0.05) is 13.5 Å². The van der Waals surface area contributed by atoms with Gasteiger partial charge >= 0.3 is 58.8 Å². The van der Waals surface area contributed by atoms with Crippen LogP contribution in [0.25, 0.3) is 0 Å². The number of benzene rings is 6. The number of carbonyl (C=O) groups is 12. The number of nitrogens with zero attached hydrogens (tertiary/aromatic N) is 3. The van der Waals surface area contributed by atoms with Crippen molar-refractivity contribution in [3.8, 4) is 34.5 Å². The minimum Gasteiger partial charge on any atom is -0.468 e. The number of methoxy groups -OCH3 is 6. The van der Waals surface area contributed by atoms with Gasteiger partial charge in [0.15, 0.2) is 0 Å². The number of hydrogen-bond acceptors (Lipinski definition) is 27. The van der Waals surface area contributed by atoms with Crippen molar-refractivity contribution < 1.29 is 113 Å². The molecule has 0 fully saturated rings. The zero-order valence-corrected chi connectivity index (χ0v) is 54.3. The Bertz CT molecular complexity index is 3400. The molecule has 0 aliphatic carbocycles. The first-order chi connectivity index (χ1) is 46.0. The first kappa shape index (κ1) is 71.9. The van der Waals surface area contributed by atoms with E-state index in [1.165, 1.54) is 146 Å². The molecule has 0 atom stereocenters. The van der Waals surface area contributed by atoms with Gasteiger partial charge in [-0.25, -0.2) is 0 Å². The first-order valence-electron chi connectivity index (χ1n) is 27.8. The molecule has 33 nitrogen and oxygen atoms in total. The van der Waals surface area contributed by atoms with Crippen molar-refractivity contribution in [3.63, 3.8) is 0 Å². The SMILES string of the molecule is COC(=O)CNC(=O)c1ccc(OP2(Oc3ccc(C(=O)NCC(=O)OC)cc3)=NP(Oc3ccc(C(=O)NCC(=O)OC)cc3)(Oc3ccc(C(=O)NCC(=O)OC)cc3)=NP(Oc3ccc(C(=O)NCC(=O)OC)cc3)(Oc3ccc(C(=O)NCC(=O)OC)cc3)=N2)cc1. The molecule has 0 unspecified atom stereocenters. The first-order valence-corrected chi connectivity index (χ1v) is 32.4. The second-order valence-corrected chi connectivity index (χ2v) is 25.2. The fraction of sp³-hybridized carbons (Fsp3) is 0.200. The Morgan fingerprint density at radius 2 is 0.365 bits per heavy atom. The van der Waals surface area contributed by atoms with Gasteiger partial charge in [-0.2, -0.15) is 0 Å². The van der Waals surface area contributed by atoms with Crippen LogP contribution in [-0.2, 0) is 57.2 Å². The summed E-state index contributed by atoms with van der Waals surface area (Å²) in [5, 5.41) is 14.6. The topological polar surface area (TPSA) is 425 Å². The van der Waals surface area contributed by atoms with Gasteiger partial charge < -0.3 is 87.5 Å². The fourth-order valence-corrected chi connectivity index (χ4v) is 16.6. The molecule has 6 aromatic carbocycles. The summed E-state index contributed by atoms with van der Waals surface area (Å²) in [6.07, 6.45) is 0. The molecule has 1 heterocycles. The van der Waals surface area contributed by atoms with Gasteiger partial charge in [0.25, 0.3) is 35.4 Å². The Labute approximate surface area is 546 Å². The summed E-state index contributed by atoms with van der Waals surface area (Å²) in [6.45, 7) is -2.95. The monoisotopic (exact) mass is 1380 g/mol. The molecule has 504 valence electrons. The Kier molecular flexibility index (Phi) is 25.3. The molecule has 0 bridgehead atoms. The molecule has 6 N–H and O–H groups in total. The van der Waals surface area contributed by atoms with Crippen molar-refractivity contribution in [3.05, 3.63) is 179 Å². The molecular weight excluding hydrogens is 1320 g/mol. The number of hydrogen-bond donors (Lipinski definition) is 6. The molecule has 0 radical (unpaired) electrons.